The van der Waals surface area contributed by atoms with Gasteiger partial charge < -0.3 is 19.0 Å². The first-order valence-corrected chi connectivity index (χ1v) is 8.15. The van der Waals surface area contributed by atoms with Gasteiger partial charge in [0.2, 0.25) is 5.89 Å². The smallest absolute Gasteiger partial charge is 0.323 e. The van der Waals surface area contributed by atoms with E-state index in [1.54, 1.807) is 24.1 Å². The lowest BCUT2D eigenvalue weighted by Gasteiger charge is -2.21. The third kappa shape index (κ3) is 3.73. The Morgan fingerprint density at radius 1 is 1.40 bits per heavy atom. The van der Waals surface area contributed by atoms with E-state index in [9.17, 15) is 9.90 Å². The van der Waals surface area contributed by atoms with E-state index in [1.807, 2.05) is 12.1 Å². The monoisotopic (exact) mass is 365 g/mol. The number of aromatic nitrogens is 2. The van der Waals surface area contributed by atoms with Crippen molar-refractivity contribution < 1.29 is 23.8 Å². The molecule has 25 heavy (non-hydrogen) atoms. The van der Waals surface area contributed by atoms with E-state index in [2.05, 4.69) is 5.10 Å². The number of rotatable bonds is 5. The summed E-state index contributed by atoms with van der Waals surface area (Å²) < 4.78 is 17.0. The van der Waals surface area contributed by atoms with Gasteiger partial charge in [0.05, 0.1) is 27.0 Å². The summed E-state index contributed by atoms with van der Waals surface area (Å²) in [6, 6.07) is 6.72. The number of β-amino-alcohol motifs (C(OH)–C–C–N with tert-alkyl or cyclic N) is 1. The molecule has 0 spiro atoms. The number of methoxy groups -OCH3 is 2. The number of esters is 1. The summed E-state index contributed by atoms with van der Waals surface area (Å²) in [6.07, 6.45) is -0.269. The highest BCUT2D eigenvalue weighted by Gasteiger charge is 2.37. The van der Waals surface area contributed by atoms with Crippen LogP contribution in [0.1, 0.15) is 6.42 Å². The normalized spacial score (nSPS) is 20.6. The van der Waals surface area contributed by atoms with Crippen molar-refractivity contribution in [3.63, 3.8) is 0 Å². The van der Waals surface area contributed by atoms with Gasteiger partial charge in [-0.05, 0) is 36.5 Å². The Balaban J connectivity index is 1.80. The molecule has 1 fully saturated rings. The molecule has 1 aliphatic heterocycles. The van der Waals surface area contributed by atoms with E-state index in [-0.39, 0.29) is 17.5 Å². The topological polar surface area (TPSA) is 90.0 Å². The summed E-state index contributed by atoms with van der Waals surface area (Å²) in [5.74, 6) is 0.720. The first-order valence-electron chi connectivity index (χ1n) is 7.74. The van der Waals surface area contributed by atoms with Crippen LogP contribution in [0.3, 0.4) is 0 Å². The zero-order chi connectivity index (χ0) is 18.0. The van der Waals surface area contributed by atoms with Crippen LogP contribution in [0.4, 0.5) is 0 Å². The lowest BCUT2D eigenvalue weighted by Crippen LogP contribution is -2.38. The van der Waals surface area contributed by atoms with E-state index < -0.39 is 12.1 Å². The Labute approximate surface area is 149 Å². The lowest BCUT2D eigenvalue weighted by molar-refractivity contribution is -0.146. The van der Waals surface area contributed by atoms with E-state index in [0.29, 0.717) is 18.9 Å². The molecule has 8 nitrogen and oxygen atoms in total. The summed E-state index contributed by atoms with van der Waals surface area (Å²) in [5, 5.41) is 14.2. The maximum absolute atomic E-state index is 11.9. The minimum Gasteiger partial charge on any atom is -0.497 e. The third-order valence-electron chi connectivity index (χ3n) is 4.11. The molecular weight excluding hydrogens is 346 g/mol. The molecule has 0 unspecified atom stereocenters. The number of carbonyl (C=O) groups excluding carboxylic acids is 1. The van der Waals surface area contributed by atoms with Gasteiger partial charge in [0, 0.05) is 18.5 Å². The summed E-state index contributed by atoms with van der Waals surface area (Å²) >= 11 is 5.22. The minimum atomic E-state index is -0.591. The van der Waals surface area contributed by atoms with Gasteiger partial charge in [-0.25, -0.2) is 4.68 Å². The number of aliphatic hydroxyl groups excluding tert-OH is 1. The Hall–Kier alpha value is -2.23. The number of hydrogen-bond acceptors (Lipinski definition) is 8. The van der Waals surface area contributed by atoms with E-state index in [4.69, 9.17) is 26.1 Å². The fraction of sp³-hybridized carbons (Fsp3) is 0.438. The second-order valence-corrected chi connectivity index (χ2v) is 6.09. The van der Waals surface area contributed by atoms with Crippen LogP contribution in [0.25, 0.3) is 11.5 Å². The molecule has 0 radical (unpaired) electrons. The van der Waals surface area contributed by atoms with Crippen LogP contribution in [0.15, 0.2) is 28.7 Å². The highest BCUT2D eigenvalue weighted by molar-refractivity contribution is 7.71. The summed E-state index contributed by atoms with van der Waals surface area (Å²) in [7, 11) is 2.92. The van der Waals surface area contributed by atoms with Crippen molar-refractivity contribution >= 4 is 18.2 Å². The van der Waals surface area contributed by atoms with Crippen molar-refractivity contribution in [2.45, 2.75) is 25.2 Å². The molecule has 1 aromatic carbocycles. The van der Waals surface area contributed by atoms with Crippen molar-refractivity contribution in [3.05, 3.63) is 29.1 Å². The molecule has 3 rings (SSSR count). The lowest BCUT2D eigenvalue weighted by atomic mass is 10.2. The second kappa shape index (κ2) is 7.34. The molecule has 134 valence electrons. The van der Waals surface area contributed by atoms with Gasteiger partial charge in [0.1, 0.15) is 11.8 Å². The van der Waals surface area contributed by atoms with Crippen molar-refractivity contribution in [3.8, 4) is 17.2 Å². The van der Waals surface area contributed by atoms with Gasteiger partial charge in [-0.2, -0.15) is 0 Å². The Morgan fingerprint density at radius 2 is 2.12 bits per heavy atom. The Bertz CT molecular complexity index is 801. The standard InChI is InChI=1S/C16H19N3O5S/c1-22-12-5-3-10(4-6-12)14-17-19(16(25)24-14)9-18-8-11(20)7-13(18)15(21)23-2/h3-6,11,13,20H,7-9H2,1-2H3/t11-,13+/m1/s1. The molecule has 0 bridgehead atoms. The van der Waals surface area contributed by atoms with Crippen LogP contribution in [0.5, 0.6) is 5.75 Å². The number of carbonyl (C=O) groups is 1. The van der Waals surface area contributed by atoms with Crippen LogP contribution in [-0.2, 0) is 16.2 Å². The van der Waals surface area contributed by atoms with Gasteiger partial charge in [-0.1, -0.05) is 0 Å². The fourth-order valence-corrected chi connectivity index (χ4v) is 3.01. The molecule has 2 heterocycles. The molecule has 1 saturated heterocycles. The largest absolute Gasteiger partial charge is 0.497 e. The molecule has 2 aromatic rings. The molecule has 1 N–H and O–H groups in total. The molecule has 1 aliphatic rings. The average Bonchev–Trinajstić information content (AvgIpc) is 3.17. The third-order valence-corrected chi connectivity index (χ3v) is 4.41. The van der Waals surface area contributed by atoms with Gasteiger partial charge in [0.25, 0.3) is 4.84 Å². The van der Waals surface area contributed by atoms with Gasteiger partial charge in [-0.3, -0.25) is 9.69 Å². The first-order chi connectivity index (χ1) is 12.0. The van der Waals surface area contributed by atoms with Crippen molar-refractivity contribution in [1.82, 2.24) is 14.7 Å². The molecule has 9 heteroatoms. The van der Waals surface area contributed by atoms with E-state index in [1.165, 1.54) is 11.8 Å². The number of ether oxygens (including phenoxy) is 2. The predicted octanol–water partition coefficient (Wildman–Crippen LogP) is 1.45. The van der Waals surface area contributed by atoms with E-state index >= 15 is 0 Å². The zero-order valence-electron chi connectivity index (χ0n) is 13.9. The molecule has 0 amide bonds. The van der Waals surface area contributed by atoms with Gasteiger partial charge in [-0.15, -0.1) is 5.10 Å². The number of benzene rings is 1. The van der Waals surface area contributed by atoms with Crippen molar-refractivity contribution in [1.29, 1.82) is 0 Å². The Morgan fingerprint density at radius 3 is 2.76 bits per heavy atom. The maximum atomic E-state index is 11.9. The number of likely N-dealkylation sites (tertiary alicyclic amines) is 1. The second-order valence-electron chi connectivity index (χ2n) is 5.74. The summed E-state index contributed by atoms with van der Waals surface area (Å²) in [6.45, 7) is 0.571. The molecular formula is C16H19N3O5S. The summed E-state index contributed by atoms with van der Waals surface area (Å²) in [5.41, 5.74) is 0.761. The number of hydrogen-bond donors (Lipinski definition) is 1. The van der Waals surface area contributed by atoms with Crippen molar-refractivity contribution in [2.75, 3.05) is 20.8 Å². The highest BCUT2D eigenvalue weighted by Crippen LogP contribution is 2.23. The maximum Gasteiger partial charge on any atom is 0.323 e. The Kier molecular flexibility index (Phi) is 5.16. The highest BCUT2D eigenvalue weighted by atomic mass is 32.1. The fourth-order valence-electron chi connectivity index (χ4n) is 2.83. The van der Waals surface area contributed by atoms with Crippen LogP contribution in [0.2, 0.25) is 0 Å². The average molecular weight is 365 g/mol. The SMILES string of the molecule is COC(=O)[C@@H]1C[C@@H](O)CN1Cn1nc(-c2ccc(OC)cc2)oc1=S. The minimum absolute atomic E-state index is 0.191. The van der Waals surface area contributed by atoms with Crippen LogP contribution in [0, 0.1) is 4.84 Å². The van der Waals surface area contributed by atoms with E-state index in [0.717, 1.165) is 11.3 Å². The quantitative estimate of drug-likeness (QED) is 0.629. The number of nitrogens with zero attached hydrogens (tertiary/aromatic N) is 3. The molecule has 0 saturated carbocycles. The molecule has 2 atom stereocenters. The summed E-state index contributed by atoms with van der Waals surface area (Å²) in [4.78, 5) is 13.8. The van der Waals surface area contributed by atoms with Crippen molar-refractivity contribution in [2.24, 2.45) is 0 Å². The molecule has 0 aliphatic carbocycles. The molecule has 1 aromatic heterocycles. The van der Waals surface area contributed by atoms with Gasteiger partial charge in [0.15, 0.2) is 0 Å². The van der Waals surface area contributed by atoms with Gasteiger partial charge >= 0.3 is 5.97 Å². The number of aliphatic hydroxyl groups is 1. The van der Waals surface area contributed by atoms with Crippen LogP contribution < -0.4 is 4.74 Å². The zero-order valence-corrected chi connectivity index (χ0v) is 14.7. The van der Waals surface area contributed by atoms with Crippen LogP contribution in [-0.4, -0.2) is 58.7 Å². The first kappa shape index (κ1) is 17.6. The predicted molar refractivity (Wildman–Crippen MR) is 90.4 cm³/mol. The van der Waals surface area contributed by atoms with Crippen LogP contribution >= 0.6 is 12.2 Å².